The van der Waals surface area contributed by atoms with Crippen LogP contribution in [0.15, 0.2) is 59.5 Å². The van der Waals surface area contributed by atoms with Gasteiger partial charge < -0.3 is 10.6 Å². The summed E-state index contributed by atoms with van der Waals surface area (Å²) in [6.45, 7) is 0.370. The third-order valence-electron chi connectivity index (χ3n) is 4.46. The van der Waals surface area contributed by atoms with Crippen molar-refractivity contribution in [2.24, 2.45) is 0 Å². The van der Waals surface area contributed by atoms with Gasteiger partial charge in [-0.3, -0.25) is 9.59 Å². The van der Waals surface area contributed by atoms with E-state index in [4.69, 9.17) is 0 Å². The van der Waals surface area contributed by atoms with E-state index in [2.05, 4.69) is 10.6 Å². The summed E-state index contributed by atoms with van der Waals surface area (Å²) in [5, 5.41) is 4.76. The van der Waals surface area contributed by atoms with Crippen molar-refractivity contribution in [3.05, 3.63) is 60.4 Å². The van der Waals surface area contributed by atoms with Crippen molar-refractivity contribution in [1.29, 1.82) is 0 Å². The van der Waals surface area contributed by atoms with Gasteiger partial charge in [-0.05, 0) is 43.2 Å². The van der Waals surface area contributed by atoms with Crippen LogP contribution in [-0.4, -0.2) is 43.7 Å². The van der Waals surface area contributed by atoms with Crippen molar-refractivity contribution < 1.29 is 22.4 Å². The number of carbonyl (C=O) groups is 2. The molecule has 1 saturated heterocycles. The molecule has 2 aromatic carbocycles. The second kappa shape index (κ2) is 8.49. The molecular weight excluding hydrogens is 385 g/mol. The molecule has 1 atom stereocenters. The Hall–Kier alpha value is -2.78. The first-order chi connectivity index (χ1) is 13.4. The molecule has 7 nitrogen and oxygen atoms in total. The monoisotopic (exact) mass is 405 g/mol. The molecule has 0 radical (unpaired) electrons. The molecule has 28 heavy (non-hydrogen) atoms. The van der Waals surface area contributed by atoms with E-state index in [0.29, 0.717) is 19.4 Å². The lowest BCUT2D eigenvalue weighted by atomic mass is 10.2. The minimum absolute atomic E-state index is 0.0153. The number of nitrogens with one attached hydrogen (secondary N) is 2. The van der Waals surface area contributed by atoms with Gasteiger partial charge in [0.05, 0.1) is 4.90 Å². The fraction of sp³-hybridized carbons (Fsp3) is 0.263. The third kappa shape index (κ3) is 4.55. The van der Waals surface area contributed by atoms with Gasteiger partial charge in [0.25, 0.3) is 0 Å². The van der Waals surface area contributed by atoms with Crippen LogP contribution >= 0.6 is 0 Å². The number of hydrogen-bond donors (Lipinski definition) is 2. The molecular formula is C19H20FN3O4S. The SMILES string of the molecule is O=C(NCC1CCCN1S(=O)(=O)c1ccccc1)C(=O)Nc1cccc(F)c1. The molecule has 0 spiro atoms. The van der Waals surface area contributed by atoms with Crippen molar-refractivity contribution in [3.63, 3.8) is 0 Å². The largest absolute Gasteiger partial charge is 0.346 e. The zero-order valence-corrected chi connectivity index (χ0v) is 15.8. The Kier molecular flexibility index (Phi) is 6.05. The van der Waals surface area contributed by atoms with Crippen LogP contribution in [0, 0.1) is 5.82 Å². The minimum atomic E-state index is -3.67. The van der Waals surface area contributed by atoms with Gasteiger partial charge in [0.2, 0.25) is 10.0 Å². The summed E-state index contributed by atoms with van der Waals surface area (Å²) < 4.78 is 40.1. The number of benzene rings is 2. The van der Waals surface area contributed by atoms with Gasteiger partial charge in [-0.1, -0.05) is 24.3 Å². The molecule has 9 heteroatoms. The van der Waals surface area contributed by atoms with Crippen molar-refractivity contribution in [3.8, 4) is 0 Å². The Balaban J connectivity index is 1.60. The Morgan fingerprint density at radius 1 is 1.07 bits per heavy atom. The lowest BCUT2D eigenvalue weighted by Crippen LogP contribution is -2.45. The summed E-state index contributed by atoms with van der Waals surface area (Å²) >= 11 is 0. The van der Waals surface area contributed by atoms with Crippen molar-refractivity contribution >= 4 is 27.5 Å². The molecule has 2 aromatic rings. The topological polar surface area (TPSA) is 95.6 Å². The van der Waals surface area contributed by atoms with Crippen molar-refractivity contribution in [1.82, 2.24) is 9.62 Å². The Labute approximate surface area is 162 Å². The van der Waals surface area contributed by atoms with E-state index in [0.717, 1.165) is 6.07 Å². The summed E-state index contributed by atoms with van der Waals surface area (Å²) in [6.07, 6.45) is 1.25. The number of carbonyl (C=O) groups excluding carboxylic acids is 2. The first-order valence-electron chi connectivity index (χ1n) is 8.79. The highest BCUT2D eigenvalue weighted by molar-refractivity contribution is 7.89. The smallest absolute Gasteiger partial charge is 0.313 e. The second-order valence-corrected chi connectivity index (χ2v) is 8.29. The van der Waals surface area contributed by atoms with Gasteiger partial charge in [-0.15, -0.1) is 0 Å². The highest BCUT2D eigenvalue weighted by Gasteiger charge is 2.35. The Morgan fingerprint density at radius 3 is 2.54 bits per heavy atom. The molecule has 1 aliphatic rings. The average Bonchev–Trinajstić information content (AvgIpc) is 3.16. The van der Waals surface area contributed by atoms with Crippen LogP contribution in [0.5, 0.6) is 0 Å². The van der Waals surface area contributed by atoms with E-state index < -0.39 is 33.7 Å². The maximum atomic E-state index is 13.2. The van der Waals surface area contributed by atoms with E-state index in [1.165, 1.54) is 34.6 Å². The zero-order chi connectivity index (χ0) is 20.1. The van der Waals surface area contributed by atoms with Crippen LogP contribution in [0.25, 0.3) is 0 Å². The molecule has 0 aromatic heterocycles. The number of amides is 2. The number of rotatable bonds is 5. The summed E-state index contributed by atoms with van der Waals surface area (Å²) in [4.78, 5) is 24.2. The minimum Gasteiger partial charge on any atom is -0.346 e. The van der Waals surface area contributed by atoms with Crippen LogP contribution in [0.3, 0.4) is 0 Å². The second-order valence-electron chi connectivity index (χ2n) is 6.40. The average molecular weight is 405 g/mol. The van der Waals surface area contributed by atoms with Crippen LogP contribution in [0.1, 0.15) is 12.8 Å². The third-order valence-corrected chi connectivity index (χ3v) is 6.43. The maximum absolute atomic E-state index is 13.2. The highest BCUT2D eigenvalue weighted by Crippen LogP contribution is 2.25. The van der Waals surface area contributed by atoms with Crippen molar-refractivity contribution in [2.75, 3.05) is 18.4 Å². The molecule has 0 saturated carbocycles. The van der Waals surface area contributed by atoms with E-state index in [1.54, 1.807) is 18.2 Å². The summed E-state index contributed by atoms with van der Waals surface area (Å²) in [5.41, 5.74) is 0.161. The number of nitrogens with zero attached hydrogens (tertiary/aromatic N) is 1. The summed E-state index contributed by atoms with van der Waals surface area (Å²) in [7, 11) is -3.67. The number of hydrogen-bond acceptors (Lipinski definition) is 4. The first kappa shape index (κ1) is 20.0. The number of sulfonamides is 1. The molecule has 1 fully saturated rings. The maximum Gasteiger partial charge on any atom is 0.313 e. The van der Waals surface area contributed by atoms with Crippen molar-refractivity contribution in [2.45, 2.75) is 23.8 Å². The lowest BCUT2D eigenvalue weighted by Gasteiger charge is -2.24. The molecule has 1 heterocycles. The molecule has 1 aliphatic heterocycles. The zero-order valence-electron chi connectivity index (χ0n) is 15.0. The molecule has 2 N–H and O–H groups in total. The molecule has 148 valence electrons. The molecule has 3 rings (SSSR count). The van der Waals surface area contributed by atoms with Crippen LogP contribution in [0.2, 0.25) is 0 Å². The predicted octanol–water partition coefficient (Wildman–Crippen LogP) is 1.73. The first-order valence-corrected chi connectivity index (χ1v) is 10.2. The van der Waals surface area contributed by atoms with Gasteiger partial charge in [-0.25, -0.2) is 12.8 Å². The van der Waals surface area contributed by atoms with Gasteiger partial charge in [0.15, 0.2) is 0 Å². The fourth-order valence-corrected chi connectivity index (χ4v) is 4.82. The predicted molar refractivity (Wildman–Crippen MR) is 101 cm³/mol. The summed E-state index contributed by atoms with van der Waals surface area (Å²) in [6, 6.07) is 12.8. The normalized spacial score (nSPS) is 17.2. The van der Waals surface area contributed by atoms with E-state index in [-0.39, 0.29) is 17.1 Å². The quantitative estimate of drug-likeness (QED) is 0.741. The highest BCUT2D eigenvalue weighted by atomic mass is 32.2. The Bertz CT molecular complexity index is 966. The van der Waals surface area contributed by atoms with Gasteiger partial charge in [-0.2, -0.15) is 4.31 Å². The molecule has 0 bridgehead atoms. The molecule has 0 aliphatic carbocycles. The lowest BCUT2D eigenvalue weighted by molar-refractivity contribution is -0.136. The Morgan fingerprint density at radius 2 is 1.82 bits per heavy atom. The van der Waals surface area contributed by atoms with Gasteiger partial charge in [0.1, 0.15) is 5.82 Å². The van der Waals surface area contributed by atoms with Crippen LogP contribution in [-0.2, 0) is 19.6 Å². The standard InChI is InChI=1S/C19H20FN3O4S/c20-14-6-4-7-15(12-14)22-19(25)18(24)21-13-16-8-5-11-23(16)28(26,27)17-9-2-1-3-10-17/h1-4,6-7,9-10,12,16H,5,8,11,13H2,(H,21,24)(H,22,25). The van der Waals surface area contributed by atoms with Crippen LogP contribution in [0.4, 0.5) is 10.1 Å². The van der Waals surface area contributed by atoms with Crippen LogP contribution < -0.4 is 10.6 Å². The summed E-state index contributed by atoms with van der Waals surface area (Å²) in [5.74, 6) is -2.39. The van der Waals surface area contributed by atoms with E-state index >= 15 is 0 Å². The fourth-order valence-electron chi connectivity index (χ4n) is 3.10. The molecule has 2 amide bonds. The van der Waals surface area contributed by atoms with Gasteiger partial charge in [0, 0.05) is 24.8 Å². The number of anilines is 1. The number of halogens is 1. The molecule has 1 unspecified atom stereocenters. The van der Waals surface area contributed by atoms with E-state index in [9.17, 15) is 22.4 Å². The van der Waals surface area contributed by atoms with E-state index in [1.807, 2.05) is 0 Å². The van der Waals surface area contributed by atoms with Gasteiger partial charge >= 0.3 is 11.8 Å².